The highest BCUT2D eigenvalue weighted by Gasteiger charge is 2.25. The zero-order valence-electron chi connectivity index (χ0n) is 19.4. The molecule has 8 nitrogen and oxygen atoms in total. The molecule has 3 heterocycles. The number of aromatic nitrogens is 4. The van der Waals surface area contributed by atoms with Gasteiger partial charge in [0.05, 0.1) is 24.8 Å². The van der Waals surface area contributed by atoms with Crippen molar-refractivity contribution in [2.75, 3.05) is 31.2 Å². The maximum absolute atomic E-state index is 12.6. The molecule has 1 aliphatic heterocycles. The fourth-order valence-corrected chi connectivity index (χ4v) is 5.00. The number of rotatable bonds is 5. The Labute approximate surface area is 193 Å². The molecule has 174 valence electrons. The van der Waals surface area contributed by atoms with Gasteiger partial charge < -0.3 is 18.9 Å². The van der Waals surface area contributed by atoms with Gasteiger partial charge in [0.25, 0.3) is 5.56 Å². The van der Waals surface area contributed by atoms with Crippen LogP contribution >= 0.6 is 0 Å². The molecule has 1 saturated heterocycles. The largest absolute Gasteiger partial charge is 0.488 e. The first-order chi connectivity index (χ1) is 16.1. The number of fused-ring (bicyclic) bond motifs is 1. The molecule has 33 heavy (non-hydrogen) atoms. The minimum atomic E-state index is -0.0851. The van der Waals surface area contributed by atoms with Crippen molar-refractivity contribution in [2.24, 2.45) is 13.0 Å². The second kappa shape index (κ2) is 9.47. The van der Waals surface area contributed by atoms with Crippen LogP contribution in [0, 0.1) is 12.8 Å². The second-order valence-corrected chi connectivity index (χ2v) is 9.10. The Bertz CT molecular complexity index is 1170. The monoisotopic (exact) mass is 449 g/mol. The Morgan fingerprint density at radius 2 is 1.82 bits per heavy atom. The van der Waals surface area contributed by atoms with Crippen LogP contribution in [0.3, 0.4) is 0 Å². The average molecular weight is 450 g/mol. The van der Waals surface area contributed by atoms with Gasteiger partial charge in [0, 0.05) is 50.7 Å². The smallest absolute Gasteiger partial charge is 0.272 e. The Morgan fingerprint density at radius 1 is 1.09 bits per heavy atom. The summed E-state index contributed by atoms with van der Waals surface area (Å²) in [7, 11) is 1.80. The lowest BCUT2D eigenvalue weighted by Crippen LogP contribution is -2.36. The molecule has 0 amide bonds. The predicted molar refractivity (Wildman–Crippen MR) is 127 cm³/mol. The number of anilines is 1. The van der Waals surface area contributed by atoms with Gasteiger partial charge in [-0.2, -0.15) is 0 Å². The van der Waals surface area contributed by atoms with Gasteiger partial charge in [0.1, 0.15) is 22.8 Å². The van der Waals surface area contributed by atoms with E-state index in [1.807, 2.05) is 18.5 Å². The highest BCUT2D eigenvalue weighted by atomic mass is 16.5. The van der Waals surface area contributed by atoms with Crippen molar-refractivity contribution in [1.82, 2.24) is 19.5 Å². The van der Waals surface area contributed by atoms with Gasteiger partial charge in [-0.3, -0.25) is 4.79 Å². The molecule has 2 aliphatic rings. The minimum absolute atomic E-state index is 0.0851. The molecule has 1 aromatic carbocycles. The highest BCUT2D eigenvalue weighted by molar-refractivity contribution is 5.86. The second-order valence-electron chi connectivity index (χ2n) is 9.10. The number of ether oxygens (including phenoxy) is 2. The van der Waals surface area contributed by atoms with E-state index in [1.165, 1.54) is 0 Å². The first kappa shape index (κ1) is 21.8. The van der Waals surface area contributed by atoms with Crippen LogP contribution in [0.4, 0.5) is 5.69 Å². The molecule has 2 fully saturated rings. The van der Waals surface area contributed by atoms with Crippen LogP contribution in [0.5, 0.6) is 5.75 Å². The number of hydrogen-bond donors (Lipinski definition) is 0. The van der Waals surface area contributed by atoms with E-state index in [9.17, 15) is 4.79 Å². The van der Waals surface area contributed by atoms with Gasteiger partial charge in [-0.05, 0) is 50.7 Å². The van der Waals surface area contributed by atoms with Gasteiger partial charge in [-0.25, -0.2) is 15.0 Å². The third kappa shape index (κ3) is 4.71. The topological polar surface area (TPSA) is 82.4 Å². The van der Waals surface area contributed by atoms with Crippen LogP contribution in [-0.2, 0) is 18.2 Å². The third-order valence-electron chi connectivity index (χ3n) is 6.83. The summed E-state index contributed by atoms with van der Waals surface area (Å²) < 4.78 is 13.8. The quantitative estimate of drug-likeness (QED) is 0.592. The van der Waals surface area contributed by atoms with E-state index in [-0.39, 0.29) is 11.7 Å². The summed E-state index contributed by atoms with van der Waals surface area (Å²) in [5.41, 5.74) is 3.05. The summed E-state index contributed by atoms with van der Waals surface area (Å²) >= 11 is 0. The first-order valence-corrected chi connectivity index (χ1v) is 11.8. The predicted octanol–water partition coefficient (Wildman–Crippen LogP) is 3.05. The highest BCUT2D eigenvalue weighted by Crippen LogP contribution is 2.35. The van der Waals surface area contributed by atoms with Crippen molar-refractivity contribution in [1.29, 1.82) is 0 Å². The van der Waals surface area contributed by atoms with E-state index in [1.54, 1.807) is 18.5 Å². The molecule has 0 bridgehead atoms. The maximum Gasteiger partial charge on any atom is 0.272 e. The molecule has 8 heteroatoms. The Morgan fingerprint density at radius 3 is 2.55 bits per heavy atom. The molecule has 0 atom stereocenters. The molecular formula is C25H31N5O3. The van der Waals surface area contributed by atoms with Crippen LogP contribution in [0.1, 0.15) is 37.2 Å². The van der Waals surface area contributed by atoms with Crippen molar-refractivity contribution in [3.8, 4) is 5.75 Å². The summed E-state index contributed by atoms with van der Waals surface area (Å²) in [5.74, 6) is 2.25. The molecule has 5 rings (SSSR count). The van der Waals surface area contributed by atoms with Gasteiger partial charge in [-0.15, -0.1) is 0 Å². The Balaban J connectivity index is 1.38. The van der Waals surface area contributed by atoms with E-state index < -0.39 is 0 Å². The van der Waals surface area contributed by atoms with E-state index in [2.05, 4.69) is 32.0 Å². The van der Waals surface area contributed by atoms with Gasteiger partial charge >= 0.3 is 0 Å². The zero-order chi connectivity index (χ0) is 22.8. The number of hydrogen-bond acceptors (Lipinski definition) is 7. The van der Waals surface area contributed by atoms with Crippen LogP contribution in [0.25, 0.3) is 11.0 Å². The van der Waals surface area contributed by atoms with Crippen molar-refractivity contribution in [2.45, 2.75) is 45.1 Å². The summed E-state index contributed by atoms with van der Waals surface area (Å²) in [5, 5.41) is 0. The van der Waals surface area contributed by atoms with Crippen molar-refractivity contribution >= 4 is 16.7 Å². The minimum Gasteiger partial charge on any atom is -0.488 e. The molecule has 0 radical (unpaired) electrons. The van der Waals surface area contributed by atoms with E-state index in [0.717, 1.165) is 73.5 Å². The number of morpholine rings is 1. The normalized spacial score (nSPS) is 21.3. The van der Waals surface area contributed by atoms with Gasteiger partial charge in [-0.1, -0.05) is 0 Å². The van der Waals surface area contributed by atoms with Crippen molar-refractivity contribution in [3.05, 3.63) is 52.5 Å². The fourth-order valence-electron chi connectivity index (χ4n) is 5.00. The van der Waals surface area contributed by atoms with Crippen LogP contribution < -0.4 is 15.2 Å². The zero-order valence-corrected chi connectivity index (χ0v) is 19.4. The molecule has 1 aliphatic carbocycles. The number of aryl methyl sites for hydroxylation is 2. The average Bonchev–Trinajstić information content (AvgIpc) is 2.85. The van der Waals surface area contributed by atoms with Crippen LogP contribution in [0.15, 0.2) is 35.4 Å². The summed E-state index contributed by atoms with van der Waals surface area (Å²) in [6.07, 6.45) is 8.79. The molecule has 0 N–H and O–H groups in total. The Hall–Kier alpha value is -3.00. The SMILES string of the molecule is Cc1nc2cc(N3CCOCC3)cc(OC3CCC(Cc4ncccn4)CC3)c2n(C)c1=O. The first-order valence-electron chi connectivity index (χ1n) is 11.8. The summed E-state index contributed by atoms with van der Waals surface area (Å²) in [6, 6.07) is 6.00. The van der Waals surface area contributed by atoms with Gasteiger partial charge in [0.2, 0.25) is 0 Å². The molecule has 2 aromatic heterocycles. The lowest BCUT2D eigenvalue weighted by Gasteiger charge is -2.31. The molecule has 3 aromatic rings. The summed E-state index contributed by atoms with van der Waals surface area (Å²) in [4.78, 5) is 28.3. The van der Waals surface area contributed by atoms with Gasteiger partial charge in [0.15, 0.2) is 0 Å². The maximum atomic E-state index is 12.6. The lowest BCUT2D eigenvalue weighted by molar-refractivity contribution is 0.122. The van der Waals surface area contributed by atoms with Crippen LogP contribution in [0.2, 0.25) is 0 Å². The molecule has 0 spiro atoms. The summed E-state index contributed by atoms with van der Waals surface area (Å²) in [6.45, 7) is 4.86. The third-order valence-corrected chi connectivity index (χ3v) is 6.83. The number of nitrogens with zero attached hydrogens (tertiary/aromatic N) is 5. The van der Waals surface area contributed by atoms with E-state index >= 15 is 0 Å². The molecule has 1 saturated carbocycles. The van der Waals surface area contributed by atoms with E-state index in [4.69, 9.17) is 9.47 Å². The molecule has 0 unspecified atom stereocenters. The van der Waals surface area contributed by atoms with Crippen molar-refractivity contribution in [3.63, 3.8) is 0 Å². The van der Waals surface area contributed by atoms with E-state index in [0.29, 0.717) is 24.8 Å². The standard InChI is InChI=1S/C25H31N5O3/c1-17-25(31)29(2)24-21(28-17)15-19(30-10-12-32-13-11-30)16-22(24)33-20-6-4-18(5-7-20)14-23-26-8-3-9-27-23/h3,8-9,15-16,18,20H,4-7,10-14H2,1-2H3. The molecular weight excluding hydrogens is 418 g/mol. The fraction of sp³-hybridized carbons (Fsp3) is 0.520. The van der Waals surface area contributed by atoms with Crippen LogP contribution in [-0.4, -0.2) is 51.9 Å². The Kier molecular flexibility index (Phi) is 6.26. The number of benzene rings is 1. The lowest BCUT2D eigenvalue weighted by atomic mass is 9.85. The van der Waals surface area contributed by atoms with Crippen molar-refractivity contribution < 1.29 is 9.47 Å².